The fourth-order valence-corrected chi connectivity index (χ4v) is 6.15. The standard InChI is InChI=1S/C4H5.C4H9.O.Sn/c1-2-4-3-1;1-3-4-2;;/h1H,2,4H2;1,3-4H2,2H3;;. The molecule has 0 aromatic heterocycles. The first kappa shape index (κ1) is 8.44. The first-order valence-electron chi connectivity index (χ1n) is 4.07. The Morgan fingerprint density at radius 3 is 2.80 bits per heavy atom. The predicted molar refractivity (Wildman–Crippen MR) is 43.5 cm³/mol. The predicted octanol–water partition coefficient (Wildman–Crippen LogP) is 2.47. The van der Waals surface area contributed by atoms with Crippen molar-refractivity contribution in [2.75, 3.05) is 0 Å². The number of rotatable bonds is 4. The van der Waals surface area contributed by atoms with E-state index in [0.29, 0.717) is 0 Å². The van der Waals surface area contributed by atoms with Crippen molar-refractivity contribution in [3.63, 3.8) is 0 Å². The van der Waals surface area contributed by atoms with Crippen LogP contribution in [0.3, 0.4) is 0 Å². The van der Waals surface area contributed by atoms with Crippen molar-refractivity contribution in [1.82, 2.24) is 0 Å². The van der Waals surface area contributed by atoms with E-state index in [1.54, 1.807) is 0 Å². The molecule has 0 aliphatic heterocycles. The Labute approximate surface area is 69.6 Å². The van der Waals surface area contributed by atoms with Crippen LogP contribution < -0.4 is 0 Å². The molecule has 1 rings (SSSR count). The maximum atomic E-state index is 11.4. The SMILES string of the molecule is CCC[CH2][Sn](=[O])[C]1=CCC1. The van der Waals surface area contributed by atoms with Crippen LogP contribution in [0, 0.1) is 0 Å². The minimum atomic E-state index is -2.14. The molecule has 56 valence electrons. The van der Waals surface area contributed by atoms with Gasteiger partial charge in [-0.15, -0.1) is 0 Å². The molecule has 0 aromatic carbocycles. The van der Waals surface area contributed by atoms with Gasteiger partial charge in [0.05, 0.1) is 0 Å². The third-order valence-electron chi connectivity index (χ3n) is 1.92. The van der Waals surface area contributed by atoms with E-state index in [0.717, 1.165) is 10.9 Å². The molecule has 0 spiro atoms. The molecule has 0 amide bonds. The van der Waals surface area contributed by atoms with Gasteiger partial charge in [0.1, 0.15) is 0 Å². The molecule has 0 atom stereocenters. The molecule has 0 heterocycles. The Balaban J connectivity index is 2.21. The van der Waals surface area contributed by atoms with Gasteiger partial charge in [0.15, 0.2) is 0 Å². The van der Waals surface area contributed by atoms with Crippen LogP contribution in [0.2, 0.25) is 4.44 Å². The number of hydrogen-bond donors (Lipinski definition) is 0. The van der Waals surface area contributed by atoms with Gasteiger partial charge in [0, 0.05) is 0 Å². The second-order valence-corrected chi connectivity index (χ2v) is 8.47. The topological polar surface area (TPSA) is 17.1 Å². The summed E-state index contributed by atoms with van der Waals surface area (Å²) in [4.78, 5) is 0. The molecule has 10 heavy (non-hydrogen) atoms. The van der Waals surface area contributed by atoms with Gasteiger partial charge in [-0.25, -0.2) is 0 Å². The third-order valence-corrected chi connectivity index (χ3v) is 7.57. The van der Waals surface area contributed by atoms with Crippen molar-refractivity contribution in [3.8, 4) is 0 Å². The summed E-state index contributed by atoms with van der Waals surface area (Å²) < 4.78 is 13.8. The van der Waals surface area contributed by atoms with Crippen molar-refractivity contribution in [2.45, 2.75) is 37.0 Å². The van der Waals surface area contributed by atoms with Gasteiger partial charge in [0.25, 0.3) is 0 Å². The monoisotopic (exact) mass is 246 g/mol. The van der Waals surface area contributed by atoms with Gasteiger partial charge in [0.2, 0.25) is 0 Å². The summed E-state index contributed by atoms with van der Waals surface area (Å²) in [7, 11) is 0. The molecule has 1 aliphatic rings. The van der Waals surface area contributed by atoms with E-state index in [2.05, 4.69) is 13.0 Å². The van der Waals surface area contributed by atoms with Crippen LogP contribution in [-0.4, -0.2) is 19.7 Å². The van der Waals surface area contributed by atoms with E-state index in [1.165, 1.54) is 22.9 Å². The second kappa shape index (κ2) is 4.27. The number of allylic oxidation sites excluding steroid dienone is 2. The molecule has 0 N–H and O–H groups in total. The average Bonchev–Trinajstić information content (AvgIpc) is 1.79. The molecule has 0 fully saturated rings. The van der Waals surface area contributed by atoms with Gasteiger partial charge in [-0.05, 0) is 0 Å². The van der Waals surface area contributed by atoms with Crippen molar-refractivity contribution in [2.24, 2.45) is 0 Å². The normalized spacial score (nSPS) is 15.9. The molecule has 0 bridgehead atoms. The molecule has 1 aliphatic carbocycles. The quantitative estimate of drug-likeness (QED) is 0.695. The second-order valence-electron chi connectivity index (χ2n) is 2.79. The van der Waals surface area contributed by atoms with Crippen molar-refractivity contribution < 1.29 is 3.08 Å². The third kappa shape index (κ3) is 2.18. The molecule has 1 nitrogen and oxygen atoms in total. The first-order chi connectivity index (χ1) is 4.84. The fourth-order valence-electron chi connectivity index (χ4n) is 1.04. The molecule has 2 heteroatoms. The summed E-state index contributed by atoms with van der Waals surface area (Å²) in [6.07, 6.45) is 6.89. The Hall–Kier alpha value is 0.339. The summed E-state index contributed by atoms with van der Waals surface area (Å²) in [5.41, 5.74) is 0. The molecule has 0 saturated heterocycles. The van der Waals surface area contributed by atoms with Crippen LogP contribution in [-0.2, 0) is 3.08 Å². The maximum absolute atomic E-state index is 11.4. The van der Waals surface area contributed by atoms with Gasteiger partial charge in [-0.3, -0.25) is 0 Å². The van der Waals surface area contributed by atoms with Crippen molar-refractivity contribution >= 4 is 19.7 Å². The molecule has 0 unspecified atom stereocenters. The van der Waals surface area contributed by atoms with E-state index >= 15 is 0 Å². The van der Waals surface area contributed by atoms with Crippen LogP contribution in [0.4, 0.5) is 0 Å². The summed E-state index contributed by atoms with van der Waals surface area (Å²) in [6.45, 7) is 2.16. The number of hydrogen-bond acceptors (Lipinski definition) is 1. The molecular weight excluding hydrogens is 231 g/mol. The summed E-state index contributed by atoms with van der Waals surface area (Å²) in [6, 6.07) is 0. The van der Waals surface area contributed by atoms with Crippen LogP contribution in [0.1, 0.15) is 32.6 Å². The van der Waals surface area contributed by atoms with E-state index in [9.17, 15) is 3.08 Å². The fraction of sp³-hybridized carbons (Fsp3) is 0.750. The molecule has 0 radical (unpaired) electrons. The van der Waals surface area contributed by atoms with Crippen LogP contribution in [0.15, 0.2) is 9.67 Å². The van der Waals surface area contributed by atoms with Crippen LogP contribution in [0.5, 0.6) is 0 Å². The Morgan fingerprint density at radius 2 is 2.40 bits per heavy atom. The zero-order valence-corrected chi connectivity index (χ0v) is 9.38. The number of unbranched alkanes of at least 4 members (excludes halogenated alkanes) is 1. The van der Waals surface area contributed by atoms with Crippen LogP contribution in [0.25, 0.3) is 0 Å². The van der Waals surface area contributed by atoms with E-state index in [1.807, 2.05) is 0 Å². The van der Waals surface area contributed by atoms with Gasteiger partial charge >= 0.3 is 69.5 Å². The molecule has 0 aromatic rings. The zero-order valence-electron chi connectivity index (χ0n) is 6.52. The summed E-state index contributed by atoms with van der Waals surface area (Å²) >= 11 is -2.14. The van der Waals surface area contributed by atoms with Crippen molar-refractivity contribution in [3.05, 3.63) is 9.67 Å². The Kier molecular flexibility index (Phi) is 3.60. The van der Waals surface area contributed by atoms with Gasteiger partial charge < -0.3 is 0 Å². The average molecular weight is 245 g/mol. The Morgan fingerprint density at radius 1 is 1.70 bits per heavy atom. The van der Waals surface area contributed by atoms with Gasteiger partial charge in [-0.2, -0.15) is 0 Å². The summed E-state index contributed by atoms with van der Waals surface area (Å²) in [5.74, 6) is 0. The van der Waals surface area contributed by atoms with E-state index < -0.39 is 19.7 Å². The van der Waals surface area contributed by atoms with Gasteiger partial charge in [-0.1, -0.05) is 0 Å². The Bertz CT molecular complexity index is 161. The summed E-state index contributed by atoms with van der Waals surface area (Å²) in [5, 5.41) is 0. The zero-order chi connectivity index (χ0) is 7.40. The van der Waals surface area contributed by atoms with E-state index in [4.69, 9.17) is 0 Å². The van der Waals surface area contributed by atoms with Crippen molar-refractivity contribution in [1.29, 1.82) is 0 Å². The first-order valence-corrected chi connectivity index (χ1v) is 8.68. The van der Waals surface area contributed by atoms with Crippen LogP contribution >= 0.6 is 0 Å². The minimum absolute atomic E-state index is 1.05. The molecule has 0 saturated carbocycles. The molecular formula is C8H14OSn. The van der Waals surface area contributed by atoms with E-state index in [-0.39, 0.29) is 0 Å².